The number of rotatable bonds is 5. The van der Waals surface area contributed by atoms with Gasteiger partial charge in [-0.3, -0.25) is 0 Å². The summed E-state index contributed by atoms with van der Waals surface area (Å²) in [6.07, 6.45) is 4.67. The zero-order valence-electron chi connectivity index (χ0n) is 17.6. The summed E-state index contributed by atoms with van der Waals surface area (Å²) < 4.78 is 0. The van der Waals surface area contributed by atoms with Gasteiger partial charge in [0.25, 0.3) is 0 Å². The molecule has 0 spiro atoms. The number of hydrogen-bond acceptors (Lipinski definition) is 1. The summed E-state index contributed by atoms with van der Waals surface area (Å²) in [5, 5.41) is 0. The fraction of sp³-hybridized carbons (Fsp3) is 0.440. The summed E-state index contributed by atoms with van der Waals surface area (Å²) in [7, 11) is 0. The van der Waals surface area contributed by atoms with E-state index in [1.165, 1.54) is 29.5 Å². The Morgan fingerprint density at radius 2 is 1.19 bits per heavy atom. The lowest BCUT2D eigenvalue weighted by atomic mass is 9.98. The van der Waals surface area contributed by atoms with Gasteiger partial charge in [0.2, 0.25) is 0 Å². The molecule has 0 aromatic heterocycles. The van der Waals surface area contributed by atoms with Gasteiger partial charge in [0.15, 0.2) is 0 Å². The first-order valence-electron chi connectivity index (χ1n) is 9.70. The van der Waals surface area contributed by atoms with E-state index in [1.54, 1.807) is 0 Å². The molecule has 144 valence electrons. The largest absolute Gasteiger partial charge is 0.330 e. The number of benzene rings is 2. The lowest BCUT2D eigenvalue weighted by Gasteiger charge is -2.12. The number of nitrogens with two attached hydrogens (primary N) is 1. The van der Waals surface area contributed by atoms with Gasteiger partial charge >= 0.3 is 0 Å². The van der Waals surface area contributed by atoms with Crippen LogP contribution in [0, 0.1) is 5.41 Å². The summed E-state index contributed by atoms with van der Waals surface area (Å²) in [6, 6.07) is 21.2. The second-order valence-electron chi connectivity index (χ2n) is 7.94. The maximum Gasteiger partial charge on any atom is -0.00285 e. The van der Waals surface area contributed by atoms with E-state index in [1.807, 2.05) is 0 Å². The third-order valence-corrected chi connectivity index (χ3v) is 3.68. The Kier molecular flexibility index (Phi) is 13.3. The summed E-state index contributed by atoms with van der Waals surface area (Å²) in [4.78, 5) is 0. The van der Waals surface area contributed by atoms with Crippen LogP contribution in [0.5, 0.6) is 0 Å². The van der Waals surface area contributed by atoms with Gasteiger partial charge in [-0.25, -0.2) is 0 Å². The van der Waals surface area contributed by atoms with Crippen LogP contribution in [-0.4, -0.2) is 6.54 Å². The highest BCUT2D eigenvalue weighted by atomic mass is 14.6. The van der Waals surface area contributed by atoms with Crippen molar-refractivity contribution >= 4 is 0 Å². The van der Waals surface area contributed by atoms with Crippen LogP contribution in [0.4, 0.5) is 0 Å². The van der Waals surface area contributed by atoms with E-state index in [0.29, 0.717) is 5.41 Å². The predicted molar refractivity (Wildman–Crippen MR) is 119 cm³/mol. The summed E-state index contributed by atoms with van der Waals surface area (Å²) in [5.41, 5.74) is 9.74. The van der Waals surface area contributed by atoms with Crippen molar-refractivity contribution in [2.45, 2.75) is 60.3 Å². The third kappa shape index (κ3) is 15.7. The van der Waals surface area contributed by atoms with E-state index in [0.717, 1.165) is 19.4 Å². The van der Waals surface area contributed by atoms with E-state index in [-0.39, 0.29) is 0 Å². The standard InChI is InChI=1S/C14H14.C6H12.C5H13N/c1-3-7-13(8-4-1)11-12-14-9-5-2-6-10-14;1-4-5-6(2)3;1-5(2,3)4-6/h1-10H,11-12H2;2,4-5H2,1,3H3;4,6H2,1-3H3. The molecule has 0 bridgehead atoms. The maximum atomic E-state index is 5.31. The molecule has 26 heavy (non-hydrogen) atoms. The molecular formula is C25H39N. The Balaban J connectivity index is 0.000000437. The Morgan fingerprint density at radius 1 is 0.846 bits per heavy atom. The molecule has 0 aliphatic rings. The molecule has 0 aliphatic heterocycles. The van der Waals surface area contributed by atoms with Crippen LogP contribution in [0.2, 0.25) is 0 Å². The molecule has 2 N–H and O–H groups in total. The van der Waals surface area contributed by atoms with Crippen molar-refractivity contribution in [3.05, 3.63) is 83.9 Å². The van der Waals surface area contributed by atoms with Gasteiger partial charge in [0, 0.05) is 0 Å². The summed E-state index contributed by atoms with van der Waals surface area (Å²) in [6.45, 7) is 15.1. The van der Waals surface area contributed by atoms with E-state index < -0.39 is 0 Å². The summed E-state index contributed by atoms with van der Waals surface area (Å²) >= 11 is 0. The molecule has 0 radical (unpaired) electrons. The third-order valence-electron chi connectivity index (χ3n) is 3.68. The molecule has 2 aromatic rings. The van der Waals surface area contributed by atoms with Crippen molar-refractivity contribution in [2.75, 3.05) is 6.54 Å². The van der Waals surface area contributed by atoms with Crippen molar-refractivity contribution in [2.24, 2.45) is 11.1 Å². The first kappa shape index (κ1) is 24.1. The molecule has 2 rings (SSSR count). The number of hydrogen-bond donors (Lipinski definition) is 1. The van der Waals surface area contributed by atoms with E-state index in [2.05, 4.69) is 102 Å². The smallest absolute Gasteiger partial charge is 0.00285 e. The highest BCUT2D eigenvalue weighted by Gasteiger charge is 2.03. The minimum absolute atomic E-state index is 0.319. The van der Waals surface area contributed by atoms with Gasteiger partial charge in [-0.05, 0) is 49.3 Å². The lowest BCUT2D eigenvalue weighted by molar-refractivity contribution is 0.428. The Hall–Kier alpha value is -1.86. The maximum absolute atomic E-state index is 5.31. The second kappa shape index (κ2) is 14.3. The fourth-order valence-electron chi connectivity index (χ4n) is 2.00. The molecule has 0 saturated heterocycles. The molecule has 0 fully saturated rings. The van der Waals surface area contributed by atoms with Crippen LogP contribution in [0.15, 0.2) is 72.8 Å². The second-order valence-corrected chi connectivity index (χ2v) is 7.94. The van der Waals surface area contributed by atoms with Gasteiger partial charge in [-0.1, -0.05) is 100 Å². The van der Waals surface area contributed by atoms with Crippen molar-refractivity contribution < 1.29 is 0 Å². The molecule has 2 aromatic carbocycles. The minimum atomic E-state index is 0.319. The number of allylic oxidation sites excluding steroid dienone is 1. The zero-order chi connectivity index (χ0) is 19.8. The van der Waals surface area contributed by atoms with Crippen LogP contribution in [0.25, 0.3) is 0 Å². The van der Waals surface area contributed by atoms with Crippen molar-refractivity contribution in [1.82, 2.24) is 0 Å². The Labute approximate surface area is 162 Å². The minimum Gasteiger partial charge on any atom is -0.330 e. The quantitative estimate of drug-likeness (QED) is 0.586. The fourth-order valence-corrected chi connectivity index (χ4v) is 2.00. The van der Waals surface area contributed by atoms with Gasteiger partial charge < -0.3 is 5.73 Å². The van der Waals surface area contributed by atoms with Crippen LogP contribution >= 0.6 is 0 Å². The van der Waals surface area contributed by atoms with E-state index in [9.17, 15) is 0 Å². The highest BCUT2D eigenvalue weighted by molar-refractivity contribution is 5.19. The SMILES string of the molecule is C=C(C)CCC.CC(C)(C)CN.c1ccc(CCc2ccccc2)cc1. The monoisotopic (exact) mass is 353 g/mol. The summed E-state index contributed by atoms with van der Waals surface area (Å²) in [5.74, 6) is 0. The lowest BCUT2D eigenvalue weighted by Crippen LogP contribution is -2.18. The van der Waals surface area contributed by atoms with Gasteiger partial charge in [0.05, 0.1) is 0 Å². The van der Waals surface area contributed by atoms with Gasteiger partial charge in [-0.15, -0.1) is 6.58 Å². The van der Waals surface area contributed by atoms with Crippen LogP contribution in [-0.2, 0) is 12.8 Å². The Bertz CT molecular complexity index is 525. The van der Waals surface area contributed by atoms with Gasteiger partial charge in [0.1, 0.15) is 0 Å². The normalized spacial score (nSPS) is 10.1. The molecule has 1 nitrogen and oxygen atoms in total. The van der Waals surface area contributed by atoms with Crippen molar-refractivity contribution in [1.29, 1.82) is 0 Å². The van der Waals surface area contributed by atoms with Gasteiger partial charge in [-0.2, -0.15) is 0 Å². The first-order valence-corrected chi connectivity index (χ1v) is 9.70. The molecule has 0 amide bonds. The molecule has 0 atom stereocenters. The average Bonchev–Trinajstić information content (AvgIpc) is 2.62. The predicted octanol–water partition coefficient (Wildman–Crippen LogP) is 6.83. The Morgan fingerprint density at radius 3 is 1.38 bits per heavy atom. The highest BCUT2D eigenvalue weighted by Crippen LogP contribution is 2.08. The molecule has 0 aliphatic carbocycles. The van der Waals surface area contributed by atoms with E-state index >= 15 is 0 Å². The van der Waals surface area contributed by atoms with Crippen molar-refractivity contribution in [3.8, 4) is 0 Å². The molecular weight excluding hydrogens is 314 g/mol. The zero-order valence-corrected chi connectivity index (χ0v) is 17.6. The van der Waals surface area contributed by atoms with Crippen LogP contribution in [0.3, 0.4) is 0 Å². The van der Waals surface area contributed by atoms with Crippen molar-refractivity contribution in [3.63, 3.8) is 0 Å². The molecule has 0 heterocycles. The van der Waals surface area contributed by atoms with E-state index in [4.69, 9.17) is 5.73 Å². The average molecular weight is 354 g/mol. The molecule has 0 unspecified atom stereocenters. The molecule has 1 heteroatoms. The molecule has 0 saturated carbocycles. The van der Waals surface area contributed by atoms with Crippen LogP contribution < -0.4 is 5.73 Å². The number of aryl methyl sites for hydroxylation is 2. The topological polar surface area (TPSA) is 26.0 Å². The first-order chi connectivity index (χ1) is 12.3. The van der Waals surface area contributed by atoms with Crippen LogP contribution in [0.1, 0.15) is 58.6 Å².